The Morgan fingerprint density at radius 1 is 1.24 bits per heavy atom. The second-order valence-electron chi connectivity index (χ2n) is 4.16. The Morgan fingerprint density at radius 3 is 2.53 bits per heavy atom. The van der Waals surface area contributed by atoms with Gasteiger partial charge in [0.2, 0.25) is 0 Å². The van der Waals surface area contributed by atoms with E-state index in [1.165, 1.54) is 5.56 Å². The lowest BCUT2D eigenvalue weighted by atomic mass is 10.0. The van der Waals surface area contributed by atoms with E-state index < -0.39 is 0 Å². The highest BCUT2D eigenvalue weighted by Gasteiger charge is 2.17. The molecule has 0 fully saturated rings. The summed E-state index contributed by atoms with van der Waals surface area (Å²) in [5, 5.41) is 3.99. The lowest BCUT2D eigenvalue weighted by molar-refractivity contribution is 0.443. The van der Waals surface area contributed by atoms with Crippen LogP contribution in [0.15, 0.2) is 34.7 Å². The van der Waals surface area contributed by atoms with E-state index in [4.69, 9.17) is 16.0 Å². The zero-order valence-electron chi connectivity index (χ0n) is 10.3. The van der Waals surface area contributed by atoms with Crippen LogP contribution in [0, 0.1) is 13.8 Å². The minimum atomic E-state index is 0.0427. The van der Waals surface area contributed by atoms with E-state index in [9.17, 15) is 0 Å². The molecule has 0 bridgehead atoms. The van der Waals surface area contributed by atoms with Crippen LogP contribution in [0.5, 0.6) is 0 Å². The maximum Gasteiger partial charge on any atom is 0.125 e. The van der Waals surface area contributed by atoms with Gasteiger partial charge in [0.25, 0.3) is 0 Å². The number of halogens is 1. The maximum atomic E-state index is 6.01. The quantitative estimate of drug-likeness (QED) is 0.894. The first-order chi connectivity index (χ1) is 8.11. The van der Waals surface area contributed by atoms with Gasteiger partial charge in [-0.1, -0.05) is 23.7 Å². The van der Waals surface area contributed by atoms with E-state index >= 15 is 0 Å². The predicted molar refractivity (Wildman–Crippen MR) is 70.5 cm³/mol. The molecule has 2 nitrogen and oxygen atoms in total. The number of aryl methyl sites for hydroxylation is 2. The summed E-state index contributed by atoms with van der Waals surface area (Å²) in [7, 11) is 1.92. The molecule has 0 saturated heterocycles. The Morgan fingerprint density at radius 2 is 2.00 bits per heavy atom. The summed E-state index contributed by atoms with van der Waals surface area (Å²) in [5.41, 5.74) is 2.27. The Hall–Kier alpha value is -1.25. The fourth-order valence-electron chi connectivity index (χ4n) is 1.90. The summed E-state index contributed by atoms with van der Waals surface area (Å²) in [4.78, 5) is 0. The molecule has 17 heavy (non-hydrogen) atoms. The SMILES string of the molecule is CNC(c1cccc(Cl)c1)c1cc(C)c(C)o1. The fourth-order valence-corrected chi connectivity index (χ4v) is 2.10. The van der Waals surface area contributed by atoms with Crippen LogP contribution in [0.2, 0.25) is 5.02 Å². The third-order valence-electron chi connectivity index (χ3n) is 2.94. The first-order valence-electron chi connectivity index (χ1n) is 5.61. The highest BCUT2D eigenvalue weighted by molar-refractivity contribution is 6.30. The third kappa shape index (κ3) is 2.54. The average Bonchev–Trinajstić information content (AvgIpc) is 2.60. The molecule has 1 aromatic carbocycles. The molecule has 1 atom stereocenters. The molecule has 0 aliphatic heterocycles. The highest BCUT2D eigenvalue weighted by atomic mass is 35.5. The van der Waals surface area contributed by atoms with Gasteiger partial charge in [-0.05, 0) is 50.2 Å². The van der Waals surface area contributed by atoms with Crippen molar-refractivity contribution in [1.29, 1.82) is 0 Å². The van der Waals surface area contributed by atoms with Crippen LogP contribution in [0.4, 0.5) is 0 Å². The van der Waals surface area contributed by atoms with Gasteiger partial charge in [0, 0.05) is 5.02 Å². The number of benzene rings is 1. The molecule has 1 aromatic heterocycles. The van der Waals surface area contributed by atoms with Crippen molar-refractivity contribution in [3.63, 3.8) is 0 Å². The molecule has 3 heteroatoms. The first kappa shape index (κ1) is 12.2. The van der Waals surface area contributed by atoms with Crippen LogP contribution in [0.1, 0.15) is 28.7 Å². The minimum Gasteiger partial charge on any atom is -0.464 e. The molecule has 0 radical (unpaired) electrons. The van der Waals surface area contributed by atoms with E-state index in [1.807, 2.05) is 45.2 Å². The van der Waals surface area contributed by atoms with E-state index in [2.05, 4.69) is 11.4 Å². The molecule has 90 valence electrons. The van der Waals surface area contributed by atoms with Crippen LogP contribution in [0.25, 0.3) is 0 Å². The zero-order chi connectivity index (χ0) is 12.4. The van der Waals surface area contributed by atoms with Gasteiger partial charge >= 0.3 is 0 Å². The Bertz CT molecular complexity index is 499. The van der Waals surface area contributed by atoms with Gasteiger partial charge in [-0.2, -0.15) is 0 Å². The standard InChI is InChI=1S/C14H16ClNO/c1-9-7-13(17-10(9)2)14(16-3)11-5-4-6-12(15)8-11/h4-8,14,16H,1-3H3. The van der Waals surface area contributed by atoms with Gasteiger partial charge in [-0.15, -0.1) is 0 Å². The largest absolute Gasteiger partial charge is 0.464 e. The molecule has 0 aliphatic carbocycles. The number of furan rings is 1. The van der Waals surface area contributed by atoms with E-state index in [-0.39, 0.29) is 6.04 Å². The molecule has 2 rings (SSSR count). The number of rotatable bonds is 3. The van der Waals surface area contributed by atoms with Crippen molar-refractivity contribution < 1.29 is 4.42 Å². The van der Waals surface area contributed by atoms with Crippen LogP contribution in [-0.2, 0) is 0 Å². The molecule has 0 aliphatic rings. The number of hydrogen-bond donors (Lipinski definition) is 1. The molecule has 2 aromatic rings. The van der Waals surface area contributed by atoms with Gasteiger partial charge in [-0.3, -0.25) is 0 Å². The Balaban J connectivity index is 2.39. The van der Waals surface area contributed by atoms with E-state index in [0.717, 1.165) is 22.1 Å². The summed E-state index contributed by atoms with van der Waals surface area (Å²) < 4.78 is 5.76. The van der Waals surface area contributed by atoms with Gasteiger partial charge in [-0.25, -0.2) is 0 Å². The second kappa shape index (κ2) is 4.94. The van der Waals surface area contributed by atoms with E-state index in [1.54, 1.807) is 0 Å². The van der Waals surface area contributed by atoms with Gasteiger partial charge < -0.3 is 9.73 Å². The van der Waals surface area contributed by atoms with Crippen LogP contribution >= 0.6 is 11.6 Å². The normalized spacial score (nSPS) is 12.7. The van der Waals surface area contributed by atoms with Gasteiger partial charge in [0.05, 0.1) is 6.04 Å². The number of nitrogens with one attached hydrogen (secondary N) is 1. The summed E-state index contributed by atoms with van der Waals surface area (Å²) in [6.45, 7) is 4.02. The summed E-state index contributed by atoms with van der Waals surface area (Å²) in [6, 6.07) is 9.93. The molecule has 1 heterocycles. The second-order valence-corrected chi connectivity index (χ2v) is 4.60. The highest BCUT2D eigenvalue weighted by Crippen LogP contribution is 2.27. The lowest BCUT2D eigenvalue weighted by Gasteiger charge is -2.14. The third-order valence-corrected chi connectivity index (χ3v) is 3.18. The van der Waals surface area contributed by atoms with Crippen molar-refractivity contribution >= 4 is 11.6 Å². The zero-order valence-corrected chi connectivity index (χ0v) is 11.0. The topological polar surface area (TPSA) is 25.2 Å². The molecular weight excluding hydrogens is 234 g/mol. The summed E-state index contributed by atoms with van der Waals surface area (Å²) in [6.07, 6.45) is 0. The van der Waals surface area contributed by atoms with Crippen LogP contribution < -0.4 is 5.32 Å². The van der Waals surface area contributed by atoms with Crippen molar-refractivity contribution in [2.24, 2.45) is 0 Å². The van der Waals surface area contributed by atoms with Crippen molar-refractivity contribution in [3.05, 3.63) is 58.0 Å². The van der Waals surface area contributed by atoms with Crippen LogP contribution in [0.3, 0.4) is 0 Å². The molecule has 0 spiro atoms. The van der Waals surface area contributed by atoms with Crippen molar-refractivity contribution in [2.75, 3.05) is 7.05 Å². The van der Waals surface area contributed by atoms with Crippen molar-refractivity contribution in [1.82, 2.24) is 5.32 Å². The van der Waals surface area contributed by atoms with E-state index in [0.29, 0.717) is 0 Å². The first-order valence-corrected chi connectivity index (χ1v) is 5.99. The van der Waals surface area contributed by atoms with Crippen molar-refractivity contribution in [2.45, 2.75) is 19.9 Å². The van der Waals surface area contributed by atoms with Crippen LogP contribution in [-0.4, -0.2) is 7.05 Å². The maximum absolute atomic E-state index is 6.01. The fraction of sp³-hybridized carbons (Fsp3) is 0.286. The summed E-state index contributed by atoms with van der Waals surface area (Å²) >= 11 is 6.01. The molecule has 0 saturated carbocycles. The molecule has 1 unspecified atom stereocenters. The Labute approximate surface area is 107 Å². The van der Waals surface area contributed by atoms with Gasteiger partial charge in [0.1, 0.15) is 11.5 Å². The van der Waals surface area contributed by atoms with Crippen molar-refractivity contribution in [3.8, 4) is 0 Å². The smallest absolute Gasteiger partial charge is 0.125 e. The average molecular weight is 250 g/mol. The van der Waals surface area contributed by atoms with Gasteiger partial charge in [0.15, 0.2) is 0 Å². The summed E-state index contributed by atoms with van der Waals surface area (Å²) in [5.74, 6) is 1.88. The lowest BCUT2D eigenvalue weighted by Crippen LogP contribution is -2.16. The molecular formula is C14H16ClNO. The molecule has 0 amide bonds. The monoisotopic (exact) mass is 249 g/mol. The predicted octanol–water partition coefficient (Wildman–Crippen LogP) is 3.86. The minimum absolute atomic E-state index is 0.0427. The number of hydrogen-bond acceptors (Lipinski definition) is 2. The Kier molecular flexibility index (Phi) is 3.55. The molecule has 1 N–H and O–H groups in total.